The molecule has 0 saturated carbocycles. The maximum Gasteiger partial charge on any atom is 0.305 e. The first-order chi connectivity index (χ1) is 14.7. The number of aliphatic carboxylic acids is 1. The van der Waals surface area contributed by atoms with Crippen LogP contribution in [0.15, 0.2) is 42.5 Å². The van der Waals surface area contributed by atoms with Gasteiger partial charge < -0.3 is 26.0 Å². The standard InChI is InChI=1S/C21H21N5O5/c1-25-16-7-6-14(24-20(30)13-4-2-12(3-5-13)19(22)23)10-15(16)21(31)26(11-17(25)27)9-8-18(28)29/h2-7,10H,8-9,11H2,1H3,(H3,22,23)(H,24,30)(H,28,29). The van der Waals surface area contributed by atoms with E-state index < -0.39 is 17.8 Å². The molecular weight excluding hydrogens is 402 g/mol. The lowest BCUT2D eigenvalue weighted by Crippen LogP contribution is -2.38. The lowest BCUT2D eigenvalue weighted by Gasteiger charge is -2.19. The van der Waals surface area contributed by atoms with Gasteiger partial charge in [0.2, 0.25) is 5.91 Å². The minimum absolute atomic E-state index is 0.105. The molecule has 5 N–H and O–H groups in total. The van der Waals surface area contributed by atoms with Crippen molar-refractivity contribution < 1.29 is 24.3 Å². The summed E-state index contributed by atoms with van der Waals surface area (Å²) in [6, 6.07) is 10.8. The van der Waals surface area contributed by atoms with Crippen LogP contribution in [-0.4, -0.2) is 59.7 Å². The summed E-state index contributed by atoms with van der Waals surface area (Å²) in [6.07, 6.45) is -0.287. The van der Waals surface area contributed by atoms with E-state index in [4.69, 9.17) is 16.2 Å². The van der Waals surface area contributed by atoms with E-state index in [0.29, 0.717) is 22.5 Å². The molecule has 10 heteroatoms. The molecule has 1 aliphatic rings. The summed E-state index contributed by atoms with van der Waals surface area (Å²) in [6.45, 7) is -0.340. The van der Waals surface area contributed by atoms with Gasteiger partial charge in [-0.3, -0.25) is 24.6 Å². The Morgan fingerprint density at radius 3 is 2.39 bits per heavy atom. The number of hydrogen-bond donors (Lipinski definition) is 4. The quantitative estimate of drug-likeness (QED) is 0.403. The molecule has 3 amide bonds. The van der Waals surface area contributed by atoms with Gasteiger partial charge in [-0.2, -0.15) is 0 Å². The largest absolute Gasteiger partial charge is 0.481 e. The SMILES string of the molecule is CN1C(=O)CN(CCC(=O)O)C(=O)c2cc(NC(=O)c3ccc(C(=N)N)cc3)ccc21. The third-order valence-corrected chi connectivity index (χ3v) is 4.89. The number of carbonyl (C=O) groups is 4. The van der Waals surface area contributed by atoms with Crippen LogP contribution >= 0.6 is 0 Å². The van der Waals surface area contributed by atoms with Gasteiger partial charge in [0.25, 0.3) is 11.8 Å². The molecule has 3 rings (SSSR count). The van der Waals surface area contributed by atoms with Crippen LogP contribution in [0.5, 0.6) is 0 Å². The van der Waals surface area contributed by atoms with Crippen molar-refractivity contribution in [3.63, 3.8) is 0 Å². The summed E-state index contributed by atoms with van der Waals surface area (Å²) in [5.74, 6) is -2.45. The number of nitrogen functional groups attached to an aromatic ring is 1. The predicted octanol–water partition coefficient (Wildman–Crippen LogP) is 1.12. The molecule has 0 unspecified atom stereocenters. The second kappa shape index (κ2) is 8.66. The fourth-order valence-electron chi connectivity index (χ4n) is 3.14. The number of benzene rings is 2. The summed E-state index contributed by atoms with van der Waals surface area (Å²) in [4.78, 5) is 51.3. The molecule has 0 aliphatic carbocycles. The first kappa shape index (κ1) is 21.5. The molecule has 0 radical (unpaired) electrons. The van der Waals surface area contributed by atoms with E-state index in [0.717, 1.165) is 0 Å². The summed E-state index contributed by atoms with van der Waals surface area (Å²) in [7, 11) is 1.53. The Morgan fingerprint density at radius 1 is 1.13 bits per heavy atom. The number of nitrogens with one attached hydrogen (secondary N) is 2. The number of rotatable bonds is 6. The Labute approximate surface area is 177 Å². The Bertz CT molecular complexity index is 1080. The fraction of sp³-hybridized carbons (Fsp3) is 0.190. The fourth-order valence-corrected chi connectivity index (χ4v) is 3.14. The minimum atomic E-state index is -1.07. The number of nitrogens with zero attached hydrogens (tertiary/aromatic N) is 2. The van der Waals surface area contributed by atoms with E-state index in [2.05, 4.69) is 5.32 Å². The maximum atomic E-state index is 13.0. The predicted molar refractivity (Wildman–Crippen MR) is 113 cm³/mol. The van der Waals surface area contributed by atoms with Gasteiger partial charge in [0.1, 0.15) is 12.4 Å². The van der Waals surface area contributed by atoms with Crippen molar-refractivity contribution in [1.29, 1.82) is 5.41 Å². The van der Waals surface area contributed by atoms with Crippen molar-refractivity contribution in [3.8, 4) is 0 Å². The Kier molecular flexibility index (Phi) is 6.00. The van der Waals surface area contributed by atoms with Gasteiger partial charge >= 0.3 is 5.97 Å². The van der Waals surface area contributed by atoms with Crippen LogP contribution in [0.4, 0.5) is 11.4 Å². The zero-order valence-electron chi connectivity index (χ0n) is 16.7. The highest BCUT2D eigenvalue weighted by molar-refractivity contribution is 6.11. The summed E-state index contributed by atoms with van der Waals surface area (Å²) in [5.41, 5.74) is 7.13. The molecule has 2 aromatic rings. The first-order valence-corrected chi connectivity index (χ1v) is 9.35. The maximum absolute atomic E-state index is 13.0. The second-order valence-corrected chi connectivity index (χ2v) is 7.00. The monoisotopic (exact) mass is 423 g/mol. The van der Waals surface area contributed by atoms with Crippen molar-refractivity contribution in [3.05, 3.63) is 59.2 Å². The molecule has 2 aromatic carbocycles. The Hall–Kier alpha value is -4.21. The van der Waals surface area contributed by atoms with E-state index >= 15 is 0 Å². The van der Waals surface area contributed by atoms with Gasteiger partial charge in [-0.05, 0) is 30.3 Å². The summed E-state index contributed by atoms with van der Waals surface area (Å²) >= 11 is 0. The average Bonchev–Trinajstić information content (AvgIpc) is 2.82. The van der Waals surface area contributed by atoms with E-state index in [-0.39, 0.29) is 36.8 Å². The van der Waals surface area contributed by atoms with E-state index in [1.165, 1.54) is 35.0 Å². The van der Waals surface area contributed by atoms with E-state index in [9.17, 15) is 19.2 Å². The topological polar surface area (TPSA) is 157 Å². The number of nitrogens with two attached hydrogens (primary N) is 1. The number of hydrogen-bond acceptors (Lipinski definition) is 5. The number of carboxylic acid groups (broad SMARTS) is 1. The zero-order valence-corrected chi connectivity index (χ0v) is 16.7. The Morgan fingerprint density at radius 2 is 1.77 bits per heavy atom. The highest BCUT2D eigenvalue weighted by Gasteiger charge is 2.30. The van der Waals surface area contributed by atoms with Crippen molar-refractivity contribution in [2.75, 3.05) is 30.4 Å². The van der Waals surface area contributed by atoms with Crippen molar-refractivity contribution in [1.82, 2.24) is 4.90 Å². The van der Waals surface area contributed by atoms with Gasteiger partial charge in [0.05, 0.1) is 17.7 Å². The number of anilines is 2. The molecule has 0 atom stereocenters. The smallest absolute Gasteiger partial charge is 0.305 e. The number of carboxylic acids is 1. The zero-order chi connectivity index (χ0) is 22.7. The summed E-state index contributed by atoms with van der Waals surface area (Å²) < 4.78 is 0. The molecule has 0 fully saturated rings. The lowest BCUT2D eigenvalue weighted by atomic mass is 10.1. The Balaban J connectivity index is 1.86. The first-order valence-electron chi connectivity index (χ1n) is 9.35. The minimum Gasteiger partial charge on any atom is -0.481 e. The number of amides is 3. The van der Waals surface area contributed by atoms with Crippen LogP contribution in [0.1, 0.15) is 32.7 Å². The normalized spacial score (nSPS) is 13.5. The van der Waals surface area contributed by atoms with Crippen LogP contribution in [-0.2, 0) is 9.59 Å². The molecule has 160 valence electrons. The third kappa shape index (κ3) is 4.69. The average molecular weight is 423 g/mol. The van der Waals surface area contributed by atoms with Crippen LogP contribution in [0.3, 0.4) is 0 Å². The molecule has 0 aromatic heterocycles. The molecule has 10 nitrogen and oxygen atoms in total. The van der Waals surface area contributed by atoms with Crippen molar-refractivity contribution >= 4 is 40.9 Å². The van der Waals surface area contributed by atoms with Gasteiger partial charge in [-0.1, -0.05) is 12.1 Å². The highest BCUT2D eigenvalue weighted by atomic mass is 16.4. The number of amidine groups is 1. The molecule has 1 aliphatic heterocycles. The van der Waals surface area contributed by atoms with Gasteiger partial charge in [0.15, 0.2) is 0 Å². The van der Waals surface area contributed by atoms with Crippen LogP contribution in [0.2, 0.25) is 0 Å². The summed E-state index contributed by atoms with van der Waals surface area (Å²) in [5, 5.41) is 19.0. The molecule has 0 bridgehead atoms. The molecule has 1 heterocycles. The molecule has 31 heavy (non-hydrogen) atoms. The van der Waals surface area contributed by atoms with Crippen LogP contribution in [0, 0.1) is 5.41 Å². The van der Waals surface area contributed by atoms with Gasteiger partial charge in [-0.25, -0.2) is 0 Å². The molecular formula is C21H21N5O5. The number of likely N-dealkylation sites (N-methyl/N-ethyl adjacent to an activating group) is 1. The van der Waals surface area contributed by atoms with Crippen molar-refractivity contribution in [2.24, 2.45) is 5.73 Å². The number of fused-ring (bicyclic) bond motifs is 1. The highest BCUT2D eigenvalue weighted by Crippen LogP contribution is 2.28. The van der Waals surface area contributed by atoms with Crippen molar-refractivity contribution in [2.45, 2.75) is 6.42 Å². The second-order valence-electron chi connectivity index (χ2n) is 7.00. The number of carbonyl (C=O) groups excluding carboxylic acids is 3. The lowest BCUT2D eigenvalue weighted by molar-refractivity contribution is -0.137. The molecule has 0 saturated heterocycles. The van der Waals surface area contributed by atoms with E-state index in [1.807, 2.05) is 0 Å². The molecule has 0 spiro atoms. The van der Waals surface area contributed by atoms with Crippen LogP contribution < -0.4 is 16.0 Å². The van der Waals surface area contributed by atoms with Crippen LogP contribution in [0.25, 0.3) is 0 Å². The van der Waals surface area contributed by atoms with E-state index in [1.54, 1.807) is 24.3 Å². The van der Waals surface area contributed by atoms with Gasteiger partial charge in [0, 0.05) is 30.4 Å². The third-order valence-electron chi connectivity index (χ3n) is 4.89. The van der Waals surface area contributed by atoms with Gasteiger partial charge in [-0.15, -0.1) is 0 Å².